The zero-order valence-electron chi connectivity index (χ0n) is 16.2. The van der Waals surface area contributed by atoms with Crippen LogP contribution in [-0.2, 0) is 4.79 Å². The lowest BCUT2D eigenvalue weighted by Gasteiger charge is -2.13. The minimum absolute atomic E-state index is 0.165. The molecule has 0 spiro atoms. The molecule has 3 rings (SSSR count). The van der Waals surface area contributed by atoms with Crippen LogP contribution in [0.3, 0.4) is 0 Å². The Labute approximate surface area is 174 Å². The van der Waals surface area contributed by atoms with Gasteiger partial charge in [0.05, 0.1) is 11.4 Å². The van der Waals surface area contributed by atoms with Gasteiger partial charge in [-0.3, -0.25) is 9.59 Å². The van der Waals surface area contributed by atoms with Crippen molar-refractivity contribution in [3.63, 3.8) is 0 Å². The van der Waals surface area contributed by atoms with E-state index in [9.17, 15) is 9.59 Å². The van der Waals surface area contributed by atoms with E-state index in [2.05, 4.69) is 10.6 Å². The number of carbonyl (C=O) groups excluding carboxylic acids is 2. The molecule has 0 bridgehead atoms. The summed E-state index contributed by atoms with van der Waals surface area (Å²) in [5.41, 5.74) is 3.30. The number of amides is 2. The highest BCUT2D eigenvalue weighted by Gasteiger charge is 2.12. The van der Waals surface area contributed by atoms with Gasteiger partial charge in [-0.05, 0) is 61.4 Å². The largest absolute Gasteiger partial charge is 0.484 e. The van der Waals surface area contributed by atoms with Crippen LogP contribution < -0.4 is 15.4 Å². The average molecular weight is 409 g/mol. The summed E-state index contributed by atoms with van der Waals surface area (Å²) in [7, 11) is 0. The number of halogens is 1. The Bertz CT molecular complexity index is 1010. The topological polar surface area (TPSA) is 67.4 Å². The van der Waals surface area contributed by atoms with Crippen molar-refractivity contribution in [3.05, 3.63) is 88.4 Å². The first-order valence-electron chi connectivity index (χ1n) is 9.09. The van der Waals surface area contributed by atoms with E-state index in [1.807, 2.05) is 19.9 Å². The van der Waals surface area contributed by atoms with Gasteiger partial charge in [-0.15, -0.1) is 0 Å². The van der Waals surface area contributed by atoms with Gasteiger partial charge in [-0.1, -0.05) is 41.9 Å². The van der Waals surface area contributed by atoms with E-state index < -0.39 is 0 Å². The van der Waals surface area contributed by atoms with Crippen LogP contribution in [0.5, 0.6) is 5.75 Å². The average Bonchev–Trinajstić information content (AvgIpc) is 2.72. The number of para-hydroxylation sites is 2. The molecule has 0 atom stereocenters. The maximum atomic E-state index is 12.4. The van der Waals surface area contributed by atoms with Crippen molar-refractivity contribution in [1.82, 2.24) is 0 Å². The third-order valence-electron chi connectivity index (χ3n) is 4.27. The second-order valence-corrected chi connectivity index (χ2v) is 6.95. The van der Waals surface area contributed by atoms with Crippen LogP contribution in [-0.4, -0.2) is 18.4 Å². The normalized spacial score (nSPS) is 10.3. The quantitative estimate of drug-likeness (QED) is 0.587. The van der Waals surface area contributed by atoms with E-state index in [1.54, 1.807) is 60.7 Å². The Morgan fingerprint density at radius 2 is 1.41 bits per heavy atom. The van der Waals surface area contributed by atoms with Crippen LogP contribution in [0.4, 0.5) is 11.4 Å². The van der Waals surface area contributed by atoms with Crippen molar-refractivity contribution >= 4 is 34.8 Å². The van der Waals surface area contributed by atoms with Crippen molar-refractivity contribution in [3.8, 4) is 5.75 Å². The summed E-state index contributed by atoms with van der Waals surface area (Å²) in [6, 6.07) is 19.5. The molecule has 0 saturated carbocycles. The number of hydrogen-bond acceptors (Lipinski definition) is 3. The van der Waals surface area contributed by atoms with E-state index in [4.69, 9.17) is 16.3 Å². The Morgan fingerprint density at radius 3 is 2.03 bits per heavy atom. The van der Waals surface area contributed by atoms with E-state index >= 15 is 0 Å². The van der Waals surface area contributed by atoms with Crippen LogP contribution >= 0.6 is 11.6 Å². The Kier molecular flexibility index (Phi) is 6.52. The van der Waals surface area contributed by atoms with Crippen LogP contribution in [0.25, 0.3) is 0 Å². The molecule has 2 N–H and O–H groups in total. The smallest absolute Gasteiger partial charge is 0.262 e. The maximum Gasteiger partial charge on any atom is 0.262 e. The zero-order valence-corrected chi connectivity index (χ0v) is 16.9. The van der Waals surface area contributed by atoms with Gasteiger partial charge in [0.15, 0.2) is 6.61 Å². The number of ether oxygens (including phenoxy) is 1. The molecule has 6 heteroatoms. The van der Waals surface area contributed by atoms with Gasteiger partial charge in [-0.2, -0.15) is 0 Å². The second-order valence-electron chi connectivity index (χ2n) is 6.57. The molecule has 2 amide bonds. The van der Waals surface area contributed by atoms with E-state index in [-0.39, 0.29) is 18.4 Å². The van der Waals surface area contributed by atoms with E-state index in [0.29, 0.717) is 27.7 Å². The summed E-state index contributed by atoms with van der Waals surface area (Å²) >= 11 is 6.15. The first-order chi connectivity index (χ1) is 13.9. The fourth-order valence-electron chi connectivity index (χ4n) is 2.81. The van der Waals surface area contributed by atoms with Crippen molar-refractivity contribution < 1.29 is 14.3 Å². The molecule has 0 fully saturated rings. The van der Waals surface area contributed by atoms with Gasteiger partial charge in [0.25, 0.3) is 11.8 Å². The van der Waals surface area contributed by atoms with Crippen LogP contribution in [0.2, 0.25) is 5.02 Å². The van der Waals surface area contributed by atoms with Gasteiger partial charge in [0.1, 0.15) is 5.75 Å². The lowest BCUT2D eigenvalue weighted by molar-refractivity contribution is -0.118. The number of benzene rings is 3. The summed E-state index contributed by atoms with van der Waals surface area (Å²) in [6.45, 7) is 3.60. The SMILES string of the molecule is Cc1cc(OCC(=O)Nc2ccccc2NC(=O)c2ccccc2)cc(C)c1Cl. The highest BCUT2D eigenvalue weighted by molar-refractivity contribution is 6.32. The zero-order chi connectivity index (χ0) is 20.8. The van der Waals surface area contributed by atoms with Gasteiger partial charge in [0.2, 0.25) is 0 Å². The van der Waals surface area contributed by atoms with Crippen molar-refractivity contribution in [1.29, 1.82) is 0 Å². The van der Waals surface area contributed by atoms with Gasteiger partial charge in [0, 0.05) is 10.6 Å². The van der Waals surface area contributed by atoms with Crippen molar-refractivity contribution in [2.24, 2.45) is 0 Å². The molecule has 0 radical (unpaired) electrons. The molecule has 148 valence electrons. The van der Waals surface area contributed by atoms with E-state index in [0.717, 1.165) is 11.1 Å². The molecule has 3 aromatic rings. The number of aryl methyl sites for hydroxylation is 2. The summed E-state index contributed by atoms with van der Waals surface area (Å²) in [6.07, 6.45) is 0. The highest BCUT2D eigenvalue weighted by atomic mass is 35.5. The van der Waals surface area contributed by atoms with Gasteiger partial charge in [-0.25, -0.2) is 0 Å². The van der Waals surface area contributed by atoms with Crippen molar-refractivity contribution in [2.75, 3.05) is 17.2 Å². The monoisotopic (exact) mass is 408 g/mol. The lowest BCUT2D eigenvalue weighted by Crippen LogP contribution is -2.21. The number of nitrogens with one attached hydrogen (secondary N) is 2. The molecule has 0 aromatic heterocycles. The third kappa shape index (κ3) is 5.36. The molecule has 0 aliphatic heterocycles. The van der Waals surface area contributed by atoms with Crippen molar-refractivity contribution in [2.45, 2.75) is 13.8 Å². The number of rotatable bonds is 6. The molecule has 0 aliphatic rings. The summed E-state index contributed by atoms with van der Waals surface area (Å²) in [5, 5.41) is 6.28. The summed E-state index contributed by atoms with van der Waals surface area (Å²) in [4.78, 5) is 24.8. The number of hydrogen-bond donors (Lipinski definition) is 2. The first kappa shape index (κ1) is 20.4. The van der Waals surface area contributed by atoms with Crippen LogP contribution in [0.15, 0.2) is 66.7 Å². The molecule has 0 saturated heterocycles. The predicted octanol–water partition coefficient (Wildman–Crippen LogP) is 5.23. The fraction of sp³-hybridized carbons (Fsp3) is 0.130. The van der Waals surface area contributed by atoms with Gasteiger partial charge < -0.3 is 15.4 Å². The minimum atomic E-state index is -0.336. The summed E-state index contributed by atoms with van der Waals surface area (Å²) in [5.74, 6) is -0.0162. The molecule has 3 aromatic carbocycles. The number of anilines is 2. The molecule has 0 aliphatic carbocycles. The lowest BCUT2D eigenvalue weighted by atomic mass is 10.1. The Morgan fingerprint density at radius 1 is 0.862 bits per heavy atom. The third-order valence-corrected chi connectivity index (χ3v) is 4.86. The van der Waals surface area contributed by atoms with Gasteiger partial charge >= 0.3 is 0 Å². The Hall–Kier alpha value is -3.31. The maximum absolute atomic E-state index is 12.4. The van der Waals surface area contributed by atoms with E-state index in [1.165, 1.54) is 0 Å². The molecular formula is C23H21ClN2O3. The number of carbonyl (C=O) groups is 2. The Balaban J connectivity index is 1.64. The molecule has 0 heterocycles. The second kappa shape index (κ2) is 9.26. The molecule has 0 unspecified atom stereocenters. The standard InChI is InChI=1S/C23H21ClN2O3/c1-15-12-18(13-16(2)22(15)24)29-14-21(27)25-19-10-6-7-11-20(19)26-23(28)17-8-4-3-5-9-17/h3-13H,14H2,1-2H3,(H,25,27)(H,26,28). The molecule has 5 nitrogen and oxygen atoms in total. The molecular weight excluding hydrogens is 388 g/mol. The van der Waals surface area contributed by atoms with Crippen LogP contribution in [0, 0.1) is 13.8 Å². The first-order valence-corrected chi connectivity index (χ1v) is 9.46. The molecule has 29 heavy (non-hydrogen) atoms. The summed E-state index contributed by atoms with van der Waals surface area (Å²) < 4.78 is 5.59. The predicted molar refractivity (Wildman–Crippen MR) is 116 cm³/mol. The minimum Gasteiger partial charge on any atom is -0.484 e. The fourth-order valence-corrected chi connectivity index (χ4v) is 2.92. The highest BCUT2D eigenvalue weighted by Crippen LogP contribution is 2.26. The van der Waals surface area contributed by atoms with Crippen LogP contribution in [0.1, 0.15) is 21.5 Å².